The number of alkyl halides is 1. The molecule has 86 valence electrons. The smallest absolute Gasteiger partial charge is 0.180 e. The fraction of sp³-hybridized carbons (Fsp3) is 0.133. The minimum absolute atomic E-state index is 0.0175. The van der Waals surface area contributed by atoms with Crippen LogP contribution in [0.5, 0.6) is 0 Å². The van der Waals surface area contributed by atoms with E-state index >= 15 is 0 Å². The van der Waals surface area contributed by atoms with Gasteiger partial charge < -0.3 is 0 Å². The highest BCUT2D eigenvalue weighted by molar-refractivity contribution is 6.34. The Morgan fingerprint density at radius 1 is 0.941 bits per heavy atom. The first-order valence-corrected chi connectivity index (χ1v) is 5.98. The maximum atomic E-state index is 12.0. The van der Waals surface area contributed by atoms with Crippen LogP contribution in [0, 0.1) is 0 Å². The summed E-state index contributed by atoms with van der Waals surface area (Å²) in [6.45, 7) is 0. The summed E-state index contributed by atoms with van der Waals surface area (Å²) in [5.41, 5.74) is 1.75. The Hall–Kier alpha value is -1.60. The molecule has 0 saturated heterocycles. The average molecular weight is 245 g/mol. The van der Waals surface area contributed by atoms with Crippen LogP contribution < -0.4 is 0 Å². The lowest BCUT2D eigenvalue weighted by Crippen LogP contribution is -2.17. The van der Waals surface area contributed by atoms with Crippen molar-refractivity contribution in [1.82, 2.24) is 0 Å². The van der Waals surface area contributed by atoms with Crippen LogP contribution in [-0.4, -0.2) is 11.2 Å². The van der Waals surface area contributed by atoms with Gasteiger partial charge in [0.05, 0.1) is 0 Å². The first-order chi connectivity index (χ1) is 8.27. The normalized spacial score (nSPS) is 12.1. The Morgan fingerprint density at radius 3 is 2.06 bits per heavy atom. The number of hydrogen-bond donors (Lipinski definition) is 0. The van der Waals surface area contributed by atoms with Gasteiger partial charge >= 0.3 is 0 Å². The van der Waals surface area contributed by atoms with Gasteiger partial charge in [-0.25, -0.2) is 0 Å². The van der Waals surface area contributed by atoms with Gasteiger partial charge in [0.1, 0.15) is 5.38 Å². The van der Waals surface area contributed by atoms with Gasteiger partial charge in [0.2, 0.25) is 0 Å². The molecule has 2 aromatic rings. The van der Waals surface area contributed by atoms with E-state index in [1.807, 2.05) is 48.5 Å². The van der Waals surface area contributed by atoms with Crippen LogP contribution in [0.25, 0.3) is 0 Å². The van der Waals surface area contributed by atoms with Gasteiger partial charge in [-0.1, -0.05) is 60.7 Å². The van der Waals surface area contributed by atoms with Crippen LogP contribution in [0.2, 0.25) is 0 Å². The van der Waals surface area contributed by atoms with E-state index in [0.29, 0.717) is 12.0 Å². The molecule has 0 saturated carbocycles. The van der Waals surface area contributed by atoms with Crippen LogP contribution in [0.15, 0.2) is 60.7 Å². The molecule has 1 nitrogen and oxygen atoms in total. The molecule has 0 aromatic heterocycles. The number of halogens is 1. The second-order valence-corrected chi connectivity index (χ2v) is 4.41. The van der Waals surface area contributed by atoms with Gasteiger partial charge in [-0.2, -0.15) is 0 Å². The molecule has 0 radical (unpaired) electrons. The number of ketones is 1. The number of rotatable bonds is 4. The molecule has 0 bridgehead atoms. The number of benzene rings is 2. The molecule has 0 spiro atoms. The predicted molar refractivity (Wildman–Crippen MR) is 70.6 cm³/mol. The number of carbonyl (C=O) groups is 1. The van der Waals surface area contributed by atoms with Gasteiger partial charge in [-0.15, -0.1) is 11.6 Å². The molecule has 0 unspecified atom stereocenters. The molecule has 1 atom stereocenters. The summed E-state index contributed by atoms with van der Waals surface area (Å²) in [5.74, 6) is -0.0175. The van der Waals surface area contributed by atoms with Crippen LogP contribution in [-0.2, 0) is 6.42 Å². The zero-order chi connectivity index (χ0) is 12.1. The van der Waals surface area contributed by atoms with Gasteiger partial charge in [0, 0.05) is 5.56 Å². The van der Waals surface area contributed by atoms with Crippen molar-refractivity contribution in [1.29, 1.82) is 0 Å². The van der Waals surface area contributed by atoms with Gasteiger partial charge in [-0.05, 0) is 12.0 Å². The Bertz CT molecular complexity index is 479. The highest BCUT2D eigenvalue weighted by Gasteiger charge is 2.17. The van der Waals surface area contributed by atoms with Crippen LogP contribution >= 0.6 is 11.6 Å². The van der Waals surface area contributed by atoms with E-state index in [9.17, 15) is 4.79 Å². The molecule has 2 rings (SSSR count). The standard InChI is InChI=1S/C15H13ClO/c16-14(11-12-7-3-1-4-8-12)15(17)13-9-5-2-6-10-13/h1-10,14H,11H2/t14-/m1/s1. The summed E-state index contributed by atoms with van der Waals surface area (Å²) in [6, 6.07) is 19.0. The largest absolute Gasteiger partial charge is 0.292 e. The number of hydrogen-bond acceptors (Lipinski definition) is 1. The molecule has 0 amide bonds. The summed E-state index contributed by atoms with van der Waals surface area (Å²) < 4.78 is 0. The molecule has 2 heteroatoms. The van der Waals surface area contributed by atoms with Crippen molar-refractivity contribution in [3.8, 4) is 0 Å². The topological polar surface area (TPSA) is 17.1 Å². The molecule has 0 aliphatic rings. The monoisotopic (exact) mass is 244 g/mol. The van der Waals surface area contributed by atoms with Gasteiger partial charge in [-0.3, -0.25) is 4.79 Å². The van der Waals surface area contributed by atoms with E-state index in [1.165, 1.54) is 0 Å². The third-order valence-electron chi connectivity index (χ3n) is 2.60. The summed E-state index contributed by atoms with van der Waals surface area (Å²) in [4.78, 5) is 12.0. The Morgan fingerprint density at radius 2 is 1.47 bits per heavy atom. The minimum Gasteiger partial charge on any atom is -0.292 e. The van der Waals surface area contributed by atoms with Crippen LogP contribution in [0.4, 0.5) is 0 Å². The van der Waals surface area contributed by atoms with Crippen molar-refractivity contribution < 1.29 is 4.79 Å². The lowest BCUT2D eigenvalue weighted by Gasteiger charge is -2.08. The predicted octanol–water partition coefficient (Wildman–Crippen LogP) is 3.72. The first kappa shape index (κ1) is 11.9. The molecular weight excluding hydrogens is 232 g/mol. The van der Waals surface area contributed by atoms with Crippen molar-refractivity contribution in [3.63, 3.8) is 0 Å². The molecule has 0 fully saturated rings. The van der Waals surface area contributed by atoms with E-state index in [0.717, 1.165) is 5.56 Å². The zero-order valence-corrected chi connectivity index (χ0v) is 10.1. The van der Waals surface area contributed by atoms with E-state index in [1.54, 1.807) is 12.1 Å². The molecule has 2 aromatic carbocycles. The van der Waals surface area contributed by atoms with Crippen LogP contribution in [0.3, 0.4) is 0 Å². The van der Waals surface area contributed by atoms with Crippen molar-refractivity contribution in [2.75, 3.05) is 0 Å². The quantitative estimate of drug-likeness (QED) is 0.592. The second-order valence-electron chi connectivity index (χ2n) is 3.89. The van der Waals surface area contributed by atoms with E-state index in [4.69, 9.17) is 11.6 Å². The lowest BCUT2D eigenvalue weighted by atomic mass is 10.0. The SMILES string of the molecule is O=C(c1ccccc1)[C@H](Cl)Cc1ccccc1. The molecule has 0 aliphatic carbocycles. The molecule has 0 aliphatic heterocycles. The minimum atomic E-state index is -0.500. The third kappa shape index (κ3) is 3.18. The molecular formula is C15H13ClO. The fourth-order valence-corrected chi connectivity index (χ4v) is 2.00. The maximum Gasteiger partial charge on any atom is 0.180 e. The Balaban J connectivity index is 2.06. The highest BCUT2D eigenvalue weighted by atomic mass is 35.5. The summed E-state index contributed by atoms with van der Waals surface area (Å²) in [7, 11) is 0. The molecule has 0 heterocycles. The van der Waals surface area contributed by atoms with E-state index in [2.05, 4.69) is 0 Å². The fourth-order valence-electron chi connectivity index (χ4n) is 1.70. The zero-order valence-electron chi connectivity index (χ0n) is 9.34. The summed E-state index contributed by atoms with van der Waals surface area (Å²) in [5, 5.41) is -0.500. The lowest BCUT2D eigenvalue weighted by molar-refractivity contribution is 0.0986. The van der Waals surface area contributed by atoms with Crippen molar-refractivity contribution >= 4 is 17.4 Å². The number of Topliss-reactive ketones (excluding diaryl/α,β-unsaturated/α-hetero) is 1. The van der Waals surface area contributed by atoms with E-state index in [-0.39, 0.29) is 5.78 Å². The summed E-state index contributed by atoms with van der Waals surface area (Å²) >= 11 is 6.15. The van der Waals surface area contributed by atoms with Gasteiger partial charge in [0.25, 0.3) is 0 Å². The van der Waals surface area contributed by atoms with Crippen molar-refractivity contribution in [3.05, 3.63) is 71.8 Å². The van der Waals surface area contributed by atoms with E-state index < -0.39 is 5.38 Å². The second kappa shape index (κ2) is 5.65. The molecule has 17 heavy (non-hydrogen) atoms. The van der Waals surface area contributed by atoms with Crippen molar-refractivity contribution in [2.24, 2.45) is 0 Å². The van der Waals surface area contributed by atoms with Gasteiger partial charge in [0.15, 0.2) is 5.78 Å². The number of carbonyl (C=O) groups excluding carboxylic acids is 1. The molecule has 0 N–H and O–H groups in total. The van der Waals surface area contributed by atoms with Crippen LogP contribution in [0.1, 0.15) is 15.9 Å². The summed E-state index contributed by atoms with van der Waals surface area (Å²) in [6.07, 6.45) is 0.566. The van der Waals surface area contributed by atoms with Crippen molar-refractivity contribution in [2.45, 2.75) is 11.8 Å². The highest BCUT2D eigenvalue weighted by Crippen LogP contribution is 2.13. The Labute approximate surface area is 106 Å². The average Bonchev–Trinajstić information content (AvgIpc) is 2.40. The first-order valence-electron chi connectivity index (χ1n) is 5.54. The Kier molecular flexibility index (Phi) is 3.94. The third-order valence-corrected chi connectivity index (χ3v) is 2.95. The maximum absolute atomic E-state index is 12.0.